The van der Waals surface area contributed by atoms with E-state index < -0.39 is 0 Å². The summed E-state index contributed by atoms with van der Waals surface area (Å²) in [7, 11) is 3.08. The molecule has 0 saturated heterocycles. The fourth-order valence-corrected chi connectivity index (χ4v) is 5.40. The van der Waals surface area contributed by atoms with Gasteiger partial charge in [-0.05, 0) is 36.4 Å². The first-order valence-electron chi connectivity index (χ1n) is 10.7. The number of amides is 2. The highest BCUT2D eigenvalue weighted by molar-refractivity contribution is 8.00. The Balaban J connectivity index is 1.57. The van der Waals surface area contributed by atoms with Crippen molar-refractivity contribution in [2.45, 2.75) is 23.4 Å². The second kappa shape index (κ2) is 10.9. The van der Waals surface area contributed by atoms with E-state index in [-0.39, 0.29) is 23.1 Å². The summed E-state index contributed by atoms with van der Waals surface area (Å²) in [5, 5.41) is 5.93. The lowest BCUT2D eigenvalue weighted by Crippen LogP contribution is -2.24. The van der Waals surface area contributed by atoms with Gasteiger partial charge in [-0.2, -0.15) is 0 Å². The van der Waals surface area contributed by atoms with Gasteiger partial charge >= 0.3 is 0 Å². The number of rotatable bonds is 8. The van der Waals surface area contributed by atoms with E-state index in [4.69, 9.17) is 14.5 Å². The average Bonchev–Trinajstić information content (AvgIpc) is 3.32. The number of benzene rings is 2. The summed E-state index contributed by atoms with van der Waals surface area (Å²) in [5.41, 5.74) is 2.41. The second-order valence-electron chi connectivity index (χ2n) is 7.54. The first-order valence-corrected chi connectivity index (χ1v) is 12.7. The van der Waals surface area contributed by atoms with Crippen LogP contribution in [0.4, 0.5) is 11.4 Å². The van der Waals surface area contributed by atoms with Crippen LogP contribution in [0.25, 0.3) is 5.69 Å². The summed E-state index contributed by atoms with van der Waals surface area (Å²) in [6, 6.07) is 12.0. The number of aryl methyl sites for hydroxylation is 1. The van der Waals surface area contributed by atoms with Gasteiger partial charge in [-0.3, -0.25) is 19.0 Å². The number of carbonyl (C=O) groups excluding carboxylic acids is 2. The second-order valence-corrected chi connectivity index (χ2v) is 9.59. The van der Waals surface area contributed by atoms with Crippen LogP contribution in [-0.2, 0) is 16.0 Å². The van der Waals surface area contributed by atoms with Crippen molar-refractivity contribution in [3.8, 4) is 17.2 Å². The Morgan fingerprint density at radius 2 is 1.74 bits per heavy atom. The minimum Gasteiger partial charge on any atom is -0.493 e. The average molecular weight is 513 g/mol. The third-order valence-electron chi connectivity index (χ3n) is 5.11. The van der Waals surface area contributed by atoms with Gasteiger partial charge in [0.2, 0.25) is 11.8 Å². The van der Waals surface area contributed by atoms with Gasteiger partial charge in [-0.15, -0.1) is 11.8 Å². The smallest absolute Gasteiger partial charge is 0.272 e. The molecule has 0 saturated carbocycles. The lowest BCUT2D eigenvalue weighted by atomic mass is 10.2. The van der Waals surface area contributed by atoms with Gasteiger partial charge in [-0.1, -0.05) is 11.8 Å². The van der Waals surface area contributed by atoms with Crippen LogP contribution in [0, 0.1) is 0 Å². The van der Waals surface area contributed by atoms with Crippen molar-refractivity contribution in [3.63, 3.8) is 0 Å². The normalized spacial score (nSPS) is 12.1. The molecular formula is C24H24N4O5S2. The molecule has 0 radical (unpaired) electrons. The largest absolute Gasteiger partial charge is 0.493 e. The van der Waals surface area contributed by atoms with Crippen molar-refractivity contribution in [1.29, 1.82) is 0 Å². The number of aromatic nitrogens is 2. The number of nitrogens with one attached hydrogen (secondary N) is 2. The van der Waals surface area contributed by atoms with Crippen molar-refractivity contribution in [1.82, 2.24) is 9.55 Å². The molecule has 2 aromatic carbocycles. The lowest BCUT2D eigenvalue weighted by Gasteiger charge is -2.15. The molecule has 0 atom stereocenters. The standard InChI is InChI=1S/C24H24N4O5S2/c1-14(29)25-15-4-6-16(7-5-15)26-21(30)13-35-24-27-18-10-11-34-22(18)23(31)28(24)17-8-9-19(32-2)20(12-17)33-3/h4-9,12H,10-11,13H2,1-3H3,(H,25,29)(H,26,30). The topological polar surface area (TPSA) is 112 Å². The van der Waals surface area contributed by atoms with Gasteiger partial charge < -0.3 is 20.1 Å². The van der Waals surface area contributed by atoms with Crippen molar-refractivity contribution < 1.29 is 19.1 Å². The number of hydrogen-bond acceptors (Lipinski definition) is 8. The molecule has 0 spiro atoms. The van der Waals surface area contributed by atoms with Crippen molar-refractivity contribution >= 4 is 46.7 Å². The molecule has 3 aromatic rings. The maximum atomic E-state index is 13.4. The molecule has 11 heteroatoms. The molecular weight excluding hydrogens is 488 g/mol. The van der Waals surface area contributed by atoms with Gasteiger partial charge in [0.25, 0.3) is 5.56 Å². The van der Waals surface area contributed by atoms with Crippen molar-refractivity contribution in [3.05, 3.63) is 58.5 Å². The van der Waals surface area contributed by atoms with Crippen LogP contribution >= 0.6 is 23.5 Å². The van der Waals surface area contributed by atoms with E-state index in [0.29, 0.717) is 45.0 Å². The Bertz CT molecular complexity index is 1320. The van der Waals surface area contributed by atoms with Crippen LogP contribution in [-0.4, -0.2) is 47.1 Å². The Morgan fingerprint density at radius 3 is 2.40 bits per heavy atom. The number of fused-ring (bicyclic) bond motifs is 1. The summed E-state index contributed by atoms with van der Waals surface area (Å²) >= 11 is 2.68. The zero-order valence-corrected chi connectivity index (χ0v) is 21.0. The van der Waals surface area contributed by atoms with Gasteiger partial charge in [0, 0.05) is 36.5 Å². The van der Waals surface area contributed by atoms with Gasteiger partial charge in [0.05, 0.1) is 36.2 Å². The van der Waals surface area contributed by atoms with E-state index in [1.165, 1.54) is 42.1 Å². The van der Waals surface area contributed by atoms with Crippen LogP contribution in [0.15, 0.2) is 57.3 Å². The van der Waals surface area contributed by atoms with E-state index in [1.807, 2.05) is 0 Å². The van der Waals surface area contributed by atoms with E-state index in [1.54, 1.807) is 49.6 Å². The quantitative estimate of drug-likeness (QED) is 0.348. The highest BCUT2D eigenvalue weighted by Crippen LogP contribution is 2.33. The summed E-state index contributed by atoms with van der Waals surface area (Å²) in [6.07, 6.45) is 0.711. The number of thioether (sulfide) groups is 2. The Morgan fingerprint density at radius 1 is 1.06 bits per heavy atom. The number of nitrogens with zero attached hydrogens (tertiary/aromatic N) is 2. The van der Waals surface area contributed by atoms with Crippen LogP contribution < -0.4 is 25.7 Å². The molecule has 2 amide bonds. The summed E-state index contributed by atoms with van der Waals surface area (Å²) in [6.45, 7) is 1.43. The number of hydrogen-bond donors (Lipinski definition) is 2. The zero-order chi connectivity index (χ0) is 24.9. The SMILES string of the molecule is COc1ccc(-n2c(SCC(=O)Nc3ccc(NC(C)=O)cc3)nc3c(c2=O)SCC3)cc1OC. The molecule has 0 aliphatic carbocycles. The van der Waals surface area contributed by atoms with Gasteiger partial charge in [-0.25, -0.2) is 4.98 Å². The first kappa shape index (κ1) is 24.7. The summed E-state index contributed by atoms with van der Waals surface area (Å²) in [4.78, 5) is 42.5. The third kappa shape index (κ3) is 5.63. The fraction of sp³-hybridized carbons (Fsp3) is 0.250. The fourth-order valence-electron chi connectivity index (χ4n) is 3.55. The van der Waals surface area contributed by atoms with E-state index in [2.05, 4.69) is 10.6 Å². The Kier molecular flexibility index (Phi) is 7.67. The van der Waals surface area contributed by atoms with Gasteiger partial charge in [0.15, 0.2) is 16.7 Å². The number of methoxy groups -OCH3 is 2. The highest BCUT2D eigenvalue weighted by atomic mass is 32.2. The Labute approximate surface area is 210 Å². The molecule has 2 heterocycles. The predicted molar refractivity (Wildman–Crippen MR) is 137 cm³/mol. The number of carbonyl (C=O) groups is 2. The van der Waals surface area contributed by atoms with Gasteiger partial charge in [0.1, 0.15) is 0 Å². The molecule has 0 fully saturated rings. The molecule has 1 aromatic heterocycles. The number of ether oxygens (including phenoxy) is 2. The lowest BCUT2D eigenvalue weighted by molar-refractivity contribution is -0.114. The van der Waals surface area contributed by atoms with Crippen LogP contribution in [0.3, 0.4) is 0 Å². The minimum atomic E-state index is -0.245. The molecule has 0 bridgehead atoms. The van der Waals surface area contributed by atoms with Crippen molar-refractivity contribution in [2.24, 2.45) is 0 Å². The molecule has 182 valence electrons. The summed E-state index contributed by atoms with van der Waals surface area (Å²) in [5.74, 6) is 1.47. The molecule has 4 rings (SSSR count). The first-order chi connectivity index (χ1) is 16.9. The maximum Gasteiger partial charge on any atom is 0.272 e. The monoisotopic (exact) mass is 512 g/mol. The minimum absolute atomic E-state index is 0.0547. The van der Waals surface area contributed by atoms with E-state index >= 15 is 0 Å². The van der Waals surface area contributed by atoms with Crippen LogP contribution in [0.1, 0.15) is 12.6 Å². The van der Waals surface area contributed by atoms with Crippen molar-refractivity contribution in [2.75, 3.05) is 36.4 Å². The maximum absolute atomic E-state index is 13.4. The third-order valence-corrected chi connectivity index (χ3v) is 7.16. The molecule has 2 N–H and O–H groups in total. The molecule has 9 nitrogen and oxygen atoms in total. The van der Waals surface area contributed by atoms with E-state index in [0.717, 1.165) is 11.4 Å². The number of anilines is 2. The molecule has 35 heavy (non-hydrogen) atoms. The predicted octanol–water partition coefficient (Wildman–Crippen LogP) is 3.59. The highest BCUT2D eigenvalue weighted by Gasteiger charge is 2.23. The van der Waals surface area contributed by atoms with Crippen LogP contribution in [0.5, 0.6) is 11.5 Å². The summed E-state index contributed by atoms with van der Waals surface area (Å²) < 4.78 is 12.2. The Hall–Kier alpha value is -3.44. The molecule has 0 unspecified atom stereocenters. The van der Waals surface area contributed by atoms with E-state index in [9.17, 15) is 14.4 Å². The molecule has 1 aliphatic heterocycles. The van der Waals surface area contributed by atoms with Crippen LogP contribution in [0.2, 0.25) is 0 Å². The zero-order valence-electron chi connectivity index (χ0n) is 19.4. The molecule has 1 aliphatic rings.